The van der Waals surface area contributed by atoms with Gasteiger partial charge in [0, 0.05) is 11.9 Å². The molecule has 5 heteroatoms. The van der Waals surface area contributed by atoms with Crippen LogP contribution in [-0.2, 0) is 0 Å². The van der Waals surface area contributed by atoms with Crippen molar-refractivity contribution in [3.05, 3.63) is 23.9 Å². The summed E-state index contributed by atoms with van der Waals surface area (Å²) in [5.41, 5.74) is 0.401. The summed E-state index contributed by atoms with van der Waals surface area (Å²) in [7, 11) is 0. The Morgan fingerprint density at radius 3 is 2.50 bits per heavy atom. The molecule has 68 valence electrons. The monoisotopic (exact) mass is 195 g/mol. The zero-order valence-electron chi connectivity index (χ0n) is 6.43. The first kappa shape index (κ1) is 9.51. The smallest absolute Gasteiger partial charge is 0.331 e. The minimum Gasteiger partial charge on any atom is -0.331 e. The van der Waals surface area contributed by atoms with Gasteiger partial charge in [0.05, 0.1) is 0 Å². The molecule has 0 aromatic carbocycles. The van der Waals surface area contributed by atoms with Gasteiger partial charge in [-0.25, -0.2) is 0 Å². The number of hydrogen-bond donors (Lipinski definition) is 0. The highest BCUT2D eigenvalue weighted by molar-refractivity contribution is 8.03. The van der Waals surface area contributed by atoms with Crippen molar-refractivity contribution < 1.29 is 13.2 Å². The molecule has 1 nitrogen and oxygen atoms in total. The van der Waals surface area contributed by atoms with Crippen LogP contribution in [0.25, 0.3) is 0 Å². The third-order valence-electron chi connectivity index (χ3n) is 1.40. The fraction of sp³-hybridized carbons (Fsp3) is 0.429. The molecule has 0 saturated heterocycles. The lowest BCUT2D eigenvalue weighted by Gasteiger charge is -2.26. The van der Waals surface area contributed by atoms with Gasteiger partial charge in [-0.15, -0.1) is 0 Å². The van der Waals surface area contributed by atoms with Gasteiger partial charge in [-0.2, -0.15) is 13.2 Å². The van der Waals surface area contributed by atoms with Crippen LogP contribution in [0, 0.1) is 0 Å². The van der Waals surface area contributed by atoms with Gasteiger partial charge in [0.2, 0.25) is 0 Å². The summed E-state index contributed by atoms with van der Waals surface area (Å²) in [6, 6.07) is 0. The van der Waals surface area contributed by atoms with Crippen molar-refractivity contribution >= 4 is 11.8 Å². The van der Waals surface area contributed by atoms with E-state index in [0.717, 1.165) is 16.7 Å². The van der Waals surface area contributed by atoms with E-state index in [0.29, 0.717) is 5.70 Å². The van der Waals surface area contributed by atoms with E-state index < -0.39 is 11.6 Å². The molecule has 1 rings (SSSR count). The molecule has 0 aromatic rings. The molecule has 0 fully saturated rings. The maximum atomic E-state index is 12.2. The largest absolute Gasteiger partial charge is 0.418 e. The molecular formula is C7H8F3NS. The standard InChI is InChI=1S/C7H8F3NS/c1-5(2)11-3-4-12-6(11)7(8,9)10/h3-4,6H,1H2,2H3. The average molecular weight is 195 g/mol. The molecule has 0 radical (unpaired) electrons. The number of allylic oxidation sites excluding steroid dienone is 1. The maximum Gasteiger partial charge on any atom is 0.418 e. The lowest BCUT2D eigenvalue weighted by Crippen LogP contribution is -2.36. The van der Waals surface area contributed by atoms with E-state index in [1.165, 1.54) is 11.6 Å². The second kappa shape index (κ2) is 3.05. The van der Waals surface area contributed by atoms with E-state index in [1.54, 1.807) is 6.92 Å². The summed E-state index contributed by atoms with van der Waals surface area (Å²) in [5, 5.41) is -0.0673. The van der Waals surface area contributed by atoms with E-state index in [1.807, 2.05) is 0 Å². The van der Waals surface area contributed by atoms with Crippen molar-refractivity contribution in [3.63, 3.8) is 0 Å². The molecule has 0 aliphatic carbocycles. The molecule has 0 aromatic heterocycles. The van der Waals surface area contributed by atoms with Crippen LogP contribution in [0.3, 0.4) is 0 Å². The normalized spacial score (nSPS) is 23.3. The number of halogens is 3. The molecule has 1 atom stereocenters. The lowest BCUT2D eigenvalue weighted by atomic mass is 10.4. The van der Waals surface area contributed by atoms with Gasteiger partial charge >= 0.3 is 6.18 Å². The van der Waals surface area contributed by atoms with Crippen molar-refractivity contribution in [2.75, 3.05) is 0 Å². The first-order valence-electron chi connectivity index (χ1n) is 3.25. The van der Waals surface area contributed by atoms with Gasteiger partial charge in [-0.3, -0.25) is 0 Å². The Bertz CT molecular complexity index is 221. The highest BCUT2D eigenvalue weighted by atomic mass is 32.2. The highest BCUT2D eigenvalue weighted by Crippen LogP contribution is 2.39. The first-order valence-corrected chi connectivity index (χ1v) is 4.20. The van der Waals surface area contributed by atoms with Crippen LogP contribution in [0.4, 0.5) is 13.2 Å². The summed E-state index contributed by atoms with van der Waals surface area (Å²) >= 11 is 0.745. The Morgan fingerprint density at radius 2 is 2.17 bits per heavy atom. The SMILES string of the molecule is C=C(C)N1C=CSC1C(F)(F)F. The minimum absolute atomic E-state index is 0.401. The van der Waals surface area contributed by atoms with Gasteiger partial charge in [0.25, 0.3) is 0 Å². The van der Waals surface area contributed by atoms with Crippen molar-refractivity contribution in [2.24, 2.45) is 0 Å². The van der Waals surface area contributed by atoms with E-state index in [2.05, 4.69) is 6.58 Å². The molecule has 0 amide bonds. The van der Waals surface area contributed by atoms with Crippen LogP contribution < -0.4 is 0 Å². The third kappa shape index (κ3) is 1.77. The molecule has 0 bridgehead atoms. The molecule has 0 N–H and O–H groups in total. The van der Waals surface area contributed by atoms with Gasteiger partial charge < -0.3 is 4.90 Å². The molecule has 1 aliphatic heterocycles. The minimum atomic E-state index is -4.20. The van der Waals surface area contributed by atoms with Crippen molar-refractivity contribution in [3.8, 4) is 0 Å². The number of rotatable bonds is 1. The summed E-state index contributed by atoms with van der Waals surface area (Å²) in [6.45, 7) is 5.01. The summed E-state index contributed by atoms with van der Waals surface area (Å²) in [4.78, 5) is 1.12. The van der Waals surface area contributed by atoms with Crippen molar-refractivity contribution in [1.29, 1.82) is 0 Å². The van der Waals surface area contributed by atoms with Crippen LogP contribution in [-0.4, -0.2) is 16.5 Å². The van der Waals surface area contributed by atoms with Crippen molar-refractivity contribution in [2.45, 2.75) is 18.5 Å². The Hall–Kier alpha value is -0.580. The van der Waals surface area contributed by atoms with E-state index in [-0.39, 0.29) is 0 Å². The molecule has 1 unspecified atom stereocenters. The number of alkyl halides is 3. The quantitative estimate of drug-likeness (QED) is 0.632. The van der Waals surface area contributed by atoms with E-state index >= 15 is 0 Å². The first-order chi connectivity index (χ1) is 5.43. The zero-order chi connectivity index (χ0) is 9.35. The van der Waals surface area contributed by atoms with Crippen LogP contribution in [0.2, 0.25) is 0 Å². The van der Waals surface area contributed by atoms with Crippen LogP contribution in [0.15, 0.2) is 23.9 Å². The Balaban J connectivity index is 2.75. The fourth-order valence-electron chi connectivity index (χ4n) is 0.881. The Kier molecular flexibility index (Phi) is 2.41. The molecule has 0 spiro atoms. The summed E-state index contributed by atoms with van der Waals surface area (Å²) in [5.74, 6) is 0. The zero-order valence-corrected chi connectivity index (χ0v) is 7.25. The van der Waals surface area contributed by atoms with Crippen LogP contribution >= 0.6 is 11.8 Å². The average Bonchev–Trinajstić information content (AvgIpc) is 2.30. The second-order valence-corrected chi connectivity index (χ2v) is 3.45. The summed E-state index contributed by atoms with van der Waals surface area (Å²) in [6.07, 6.45) is -2.81. The van der Waals surface area contributed by atoms with Gasteiger partial charge in [-0.05, 0) is 12.3 Å². The molecular weight excluding hydrogens is 187 g/mol. The van der Waals surface area contributed by atoms with Gasteiger partial charge in [0.1, 0.15) is 0 Å². The third-order valence-corrected chi connectivity index (χ3v) is 2.43. The Labute approximate surface area is 72.9 Å². The predicted molar refractivity (Wildman–Crippen MR) is 43.2 cm³/mol. The van der Waals surface area contributed by atoms with Crippen LogP contribution in [0.1, 0.15) is 6.92 Å². The molecule has 1 aliphatic rings. The van der Waals surface area contributed by atoms with E-state index in [4.69, 9.17) is 0 Å². The highest BCUT2D eigenvalue weighted by Gasteiger charge is 2.45. The second-order valence-electron chi connectivity index (χ2n) is 2.46. The van der Waals surface area contributed by atoms with Crippen molar-refractivity contribution in [1.82, 2.24) is 4.90 Å². The lowest BCUT2D eigenvalue weighted by molar-refractivity contribution is -0.147. The summed E-state index contributed by atoms with van der Waals surface area (Å²) < 4.78 is 36.7. The fourth-order valence-corrected chi connectivity index (χ4v) is 1.77. The van der Waals surface area contributed by atoms with E-state index in [9.17, 15) is 13.2 Å². The molecule has 0 saturated carbocycles. The topological polar surface area (TPSA) is 3.24 Å². The number of thioether (sulfide) groups is 1. The predicted octanol–water partition coefficient (Wildman–Crippen LogP) is 2.93. The van der Waals surface area contributed by atoms with Crippen LogP contribution in [0.5, 0.6) is 0 Å². The van der Waals surface area contributed by atoms with Gasteiger partial charge in [-0.1, -0.05) is 18.3 Å². The number of hydrogen-bond acceptors (Lipinski definition) is 2. The van der Waals surface area contributed by atoms with Gasteiger partial charge in [0.15, 0.2) is 5.37 Å². The molecule has 12 heavy (non-hydrogen) atoms. The number of nitrogens with zero attached hydrogens (tertiary/aromatic N) is 1. The molecule has 1 heterocycles. The Morgan fingerprint density at radius 1 is 1.58 bits per heavy atom. The maximum absolute atomic E-state index is 12.2.